The van der Waals surface area contributed by atoms with Crippen LogP contribution in [0.4, 0.5) is 0 Å². The van der Waals surface area contributed by atoms with Gasteiger partial charge in [-0.2, -0.15) is 4.31 Å². The molecule has 1 fully saturated rings. The molecule has 0 N–H and O–H groups in total. The Morgan fingerprint density at radius 2 is 1.79 bits per heavy atom. The summed E-state index contributed by atoms with van der Waals surface area (Å²) in [7, 11) is -3.58. The maximum Gasteiger partial charge on any atom is 0.253 e. The number of hydrogen-bond donors (Lipinski definition) is 0. The van der Waals surface area contributed by atoms with Crippen LogP contribution in [0, 0.1) is 0 Å². The summed E-state index contributed by atoms with van der Waals surface area (Å²) in [6.07, 6.45) is 0. The molecule has 1 saturated heterocycles. The molecular formula is C20H20N2O3S3. The Morgan fingerprint density at radius 1 is 1.00 bits per heavy atom. The lowest BCUT2D eigenvalue weighted by molar-refractivity contribution is 0.0642. The van der Waals surface area contributed by atoms with Crippen molar-refractivity contribution in [3.05, 3.63) is 65.5 Å². The number of carbonyl (C=O) groups excluding carboxylic acids is 1. The van der Waals surface area contributed by atoms with E-state index >= 15 is 0 Å². The lowest BCUT2D eigenvalue weighted by Gasteiger charge is -2.38. The lowest BCUT2D eigenvalue weighted by Crippen LogP contribution is -2.55. The van der Waals surface area contributed by atoms with Gasteiger partial charge in [-0.25, -0.2) is 8.42 Å². The van der Waals surface area contributed by atoms with Gasteiger partial charge in [-0.3, -0.25) is 4.79 Å². The van der Waals surface area contributed by atoms with E-state index in [1.165, 1.54) is 15.6 Å². The first-order valence-corrected chi connectivity index (χ1v) is 12.1. The Bertz CT molecular complexity index is 1060. The molecule has 3 heterocycles. The fourth-order valence-electron chi connectivity index (χ4n) is 3.37. The minimum absolute atomic E-state index is 0.0550. The van der Waals surface area contributed by atoms with Gasteiger partial charge >= 0.3 is 0 Å². The van der Waals surface area contributed by atoms with Gasteiger partial charge in [-0.05, 0) is 42.6 Å². The second-order valence-corrected chi connectivity index (χ2v) is 10.8. The van der Waals surface area contributed by atoms with Crippen molar-refractivity contribution in [2.75, 3.05) is 19.6 Å². The van der Waals surface area contributed by atoms with E-state index < -0.39 is 10.0 Å². The van der Waals surface area contributed by atoms with Gasteiger partial charge < -0.3 is 4.90 Å². The van der Waals surface area contributed by atoms with Gasteiger partial charge in [0.15, 0.2) is 0 Å². The van der Waals surface area contributed by atoms with Crippen molar-refractivity contribution < 1.29 is 13.2 Å². The highest BCUT2D eigenvalue weighted by Gasteiger charge is 2.36. The highest BCUT2D eigenvalue weighted by Crippen LogP contribution is 2.35. The quantitative estimate of drug-likeness (QED) is 0.626. The van der Waals surface area contributed by atoms with Crippen LogP contribution in [0.1, 0.15) is 17.3 Å². The molecule has 1 atom stereocenters. The zero-order chi connectivity index (χ0) is 19.7. The number of hydrogen-bond acceptors (Lipinski definition) is 5. The largest absolute Gasteiger partial charge is 0.336 e. The van der Waals surface area contributed by atoms with Crippen LogP contribution in [0.3, 0.4) is 0 Å². The first-order valence-electron chi connectivity index (χ1n) is 8.97. The Labute approximate surface area is 172 Å². The Hall–Kier alpha value is -2.00. The zero-order valence-corrected chi connectivity index (χ0v) is 17.8. The smallest absolute Gasteiger partial charge is 0.253 e. The van der Waals surface area contributed by atoms with Crippen LogP contribution >= 0.6 is 22.7 Å². The van der Waals surface area contributed by atoms with Gasteiger partial charge in [-0.1, -0.05) is 24.3 Å². The van der Waals surface area contributed by atoms with Gasteiger partial charge in [-0.15, -0.1) is 22.7 Å². The summed E-state index contributed by atoms with van der Waals surface area (Å²) in [5.41, 5.74) is 0.629. The normalized spacial score (nSPS) is 18.3. The fourth-order valence-corrected chi connectivity index (χ4v) is 7.25. The molecule has 1 aromatic carbocycles. The van der Waals surface area contributed by atoms with Crippen molar-refractivity contribution in [2.24, 2.45) is 0 Å². The van der Waals surface area contributed by atoms with E-state index in [1.54, 1.807) is 34.4 Å². The van der Waals surface area contributed by atoms with E-state index in [0.717, 1.165) is 9.75 Å². The van der Waals surface area contributed by atoms with Gasteiger partial charge in [0.05, 0.1) is 0 Å². The topological polar surface area (TPSA) is 57.7 Å². The number of nitrogens with zero attached hydrogens (tertiary/aromatic N) is 2. The van der Waals surface area contributed by atoms with E-state index in [9.17, 15) is 13.2 Å². The number of thiophene rings is 2. The van der Waals surface area contributed by atoms with E-state index in [4.69, 9.17) is 0 Å². The Morgan fingerprint density at radius 3 is 2.46 bits per heavy atom. The number of rotatable bonds is 4. The van der Waals surface area contributed by atoms with Crippen LogP contribution in [-0.2, 0) is 10.0 Å². The van der Waals surface area contributed by atoms with Crippen molar-refractivity contribution in [2.45, 2.75) is 17.2 Å². The molecule has 0 spiro atoms. The Kier molecular flexibility index (Phi) is 5.37. The third-order valence-corrected chi connectivity index (χ3v) is 9.41. The number of sulfonamides is 1. The Balaban J connectivity index is 1.50. The predicted molar refractivity (Wildman–Crippen MR) is 113 cm³/mol. The molecule has 2 aromatic heterocycles. The molecule has 1 amide bonds. The van der Waals surface area contributed by atoms with Crippen molar-refractivity contribution in [1.82, 2.24) is 9.21 Å². The van der Waals surface area contributed by atoms with E-state index in [2.05, 4.69) is 0 Å². The first kappa shape index (κ1) is 19.3. The van der Waals surface area contributed by atoms with Crippen LogP contribution in [0.25, 0.3) is 9.75 Å². The molecule has 0 bridgehead atoms. The van der Waals surface area contributed by atoms with Gasteiger partial charge in [0, 0.05) is 41.0 Å². The van der Waals surface area contributed by atoms with Crippen molar-refractivity contribution in [3.8, 4) is 9.75 Å². The zero-order valence-electron chi connectivity index (χ0n) is 15.3. The molecule has 1 aliphatic rings. The minimum Gasteiger partial charge on any atom is -0.336 e. The summed E-state index contributed by atoms with van der Waals surface area (Å²) < 4.78 is 28.2. The second-order valence-electron chi connectivity index (χ2n) is 6.68. The van der Waals surface area contributed by atoms with Crippen LogP contribution < -0.4 is 0 Å². The highest BCUT2D eigenvalue weighted by atomic mass is 32.2. The van der Waals surface area contributed by atoms with Gasteiger partial charge in [0.1, 0.15) is 4.21 Å². The van der Waals surface area contributed by atoms with Gasteiger partial charge in [0.2, 0.25) is 0 Å². The van der Waals surface area contributed by atoms with E-state index in [0.29, 0.717) is 29.4 Å². The van der Waals surface area contributed by atoms with Crippen LogP contribution in [0.15, 0.2) is 64.2 Å². The molecule has 0 saturated carbocycles. The first-order chi connectivity index (χ1) is 13.5. The van der Waals surface area contributed by atoms with Crippen LogP contribution in [0.5, 0.6) is 0 Å². The summed E-state index contributed by atoms with van der Waals surface area (Å²) in [6.45, 7) is 2.93. The number of benzene rings is 1. The monoisotopic (exact) mass is 432 g/mol. The van der Waals surface area contributed by atoms with E-state index in [-0.39, 0.29) is 11.9 Å². The summed E-state index contributed by atoms with van der Waals surface area (Å²) in [4.78, 5) is 16.4. The third kappa shape index (κ3) is 3.65. The average Bonchev–Trinajstić information content (AvgIpc) is 3.39. The average molecular weight is 433 g/mol. The van der Waals surface area contributed by atoms with Crippen molar-refractivity contribution in [1.29, 1.82) is 0 Å². The molecule has 28 heavy (non-hydrogen) atoms. The van der Waals surface area contributed by atoms with E-state index in [1.807, 2.05) is 48.7 Å². The molecule has 3 aromatic rings. The maximum absolute atomic E-state index is 13.2. The summed E-state index contributed by atoms with van der Waals surface area (Å²) in [5, 5.41) is 1.98. The molecule has 0 radical (unpaired) electrons. The SMILES string of the molecule is CC1CN(C(=O)c2ccccc2)CCN1S(=O)(=O)c1ccc(-c2cccs2)s1. The number of carbonyl (C=O) groups is 1. The summed E-state index contributed by atoms with van der Waals surface area (Å²) in [6, 6.07) is 16.3. The fraction of sp³-hybridized carbons (Fsp3) is 0.250. The summed E-state index contributed by atoms with van der Waals surface area (Å²) >= 11 is 2.89. The van der Waals surface area contributed by atoms with Crippen molar-refractivity contribution in [3.63, 3.8) is 0 Å². The maximum atomic E-state index is 13.2. The molecule has 1 aliphatic heterocycles. The molecule has 1 unspecified atom stereocenters. The number of amides is 1. The van der Waals surface area contributed by atoms with Crippen molar-refractivity contribution >= 4 is 38.6 Å². The molecule has 8 heteroatoms. The molecule has 5 nitrogen and oxygen atoms in total. The van der Waals surface area contributed by atoms with Gasteiger partial charge in [0.25, 0.3) is 15.9 Å². The van der Waals surface area contributed by atoms with Crippen LogP contribution in [0.2, 0.25) is 0 Å². The molecular weight excluding hydrogens is 412 g/mol. The second kappa shape index (κ2) is 7.79. The highest BCUT2D eigenvalue weighted by molar-refractivity contribution is 7.91. The summed E-state index contributed by atoms with van der Waals surface area (Å²) in [5.74, 6) is -0.0550. The predicted octanol–water partition coefficient (Wildman–Crippen LogP) is 4.01. The third-order valence-electron chi connectivity index (χ3n) is 4.78. The van der Waals surface area contributed by atoms with Crippen LogP contribution in [-0.4, -0.2) is 49.2 Å². The standard InChI is InChI=1S/C20H20N2O3S3/c1-15-14-21(20(23)16-6-3-2-4-7-16)11-12-22(15)28(24,25)19-10-9-18(27-19)17-8-5-13-26-17/h2-10,13,15H,11-12,14H2,1H3. The molecule has 4 rings (SSSR count). The number of piperazine rings is 1. The minimum atomic E-state index is -3.58. The molecule has 0 aliphatic carbocycles. The lowest BCUT2D eigenvalue weighted by atomic mass is 10.1. The molecule has 146 valence electrons.